The van der Waals surface area contributed by atoms with E-state index in [1.165, 1.54) is 5.56 Å². The fraction of sp³-hybridized carbons (Fsp3) is 0.632. The lowest BCUT2D eigenvalue weighted by Crippen LogP contribution is -2.51. The summed E-state index contributed by atoms with van der Waals surface area (Å²) in [5.41, 5.74) is 1.18. The van der Waals surface area contributed by atoms with Crippen LogP contribution < -0.4 is 14.8 Å². The summed E-state index contributed by atoms with van der Waals surface area (Å²) < 4.78 is 10.7. The van der Waals surface area contributed by atoms with E-state index in [4.69, 9.17) is 9.47 Å². The van der Waals surface area contributed by atoms with Crippen molar-refractivity contribution in [3.63, 3.8) is 0 Å². The molecule has 1 aliphatic heterocycles. The van der Waals surface area contributed by atoms with Crippen LogP contribution in [0.25, 0.3) is 0 Å². The van der Waals surface area contributed by atoms with Crippen molar-refractivity contribution < 1.29 is 14.3 Å². The van der Waals surface area contributed by atoms with Gasteiger partial charge in [0, 0.05) is 39.3 Å². The van der Waals surface area contributed by atoms with E-state index in [1.54, 1.807) is 14.2 Å². The first kappa shape index (κ1) is 20.3. The highest BCUT2D eigenvalue weighted by molar-refractivity contribution is 5.74. The molecule has 0 unspecified atom stereocenters. The number of carbonyl (C=O) groups excluding carboxylic acids is 1. The zero-order valence-electron chi connectivity index (χ0n) is 16.5. The van der Waals surface area contributed by atoms with Gasteiger partial charge in [-0.1, -0.05) is 6.07 Å². The minimum atomic E-state index is 0.0505. The van der Waals surface area contributed by atoms with Crippen molar-refractivity contribution in [2.45, 2.75) is 13.0 Å². The minimum Gasteiger partial charge on any atom is -0.493 e. The third kappa shape index (κ3) is 6.07. The number of hydrogen-bond acceptors (Lipinski definition) is 5. The second kappa shape index (κ2) is 10.2. The standard InChI is InChI=1S/C19H32N4O3/c1-21(2)9-5-8-20-19(24)23-12-10-22(11-13-23)15-16-6-7-17(25-3)18(14-16)26-4/h6-7,14H,5,8-13,15H2,1-4H3,(H,20,24). The third-order valence-corrected chi connectivity index (χ3v) is 4.57. The third-order valence-electron chi connectivity index (χ3n) is 4.57. The molecule has 2 rings (SSSR count). The van der Waals surface area contributed by atoms with E-state index in [2.05, 4.69) is 21.2 Å². The normalized spacial score (nSPS) is 15.2. The molecular weight excluding hydrogens is 332 g/mol. The number of amides is 2. The molecular formula is C19H32N4O3. The minimum absolute atomic E-state index is 0.0505. The molecule has 1 aromatic carbocycles. The van der Waals surface area contributed by atoms with Crippen LogP contribution in [0.5, 0.6) is 11.5 Å². The van der Waals surface area contributed by atoms with E-state index in [9.17, 15) is 4.79 Å². The Morgan fingerprint density at radius 1 is 1.12 bits per heavy atom. The maximum atomic E-state index is 12.2. The Labute approximate surface area is 156 Å². The van der Waals surface area contributed by atoms with Gasteiger partial charge < -0.3 is 24.6 Å². The predicted molar refractivity (Wildman–Crippen MR) is 103 cm³/mol. The zero-order chi connectivity index (χ0) is 18.9. The molecule has 1 saturated heterocycles. The van der Waals surface area contributed by atoms with E-state index in [0.717, 1.165) is 63.7 Å². The molecule has 0 atom stereocenters. The molecule has 1 N–H and O–H groups in total. The number of carbonyl (C=O) groups is 1. The molecule has 7 nitrogen and oxygen atoms in total. The molecule has 0 saturated carbocycles. The van der Waals surface area contributed by atoms with Gasteiger partial charge in [-0.3, -0.25) is 4.90 Å². The van der Waals surface area contributed by atoms with Crippen molar-refractivity contribution in [1.29, 1.82) is 0 Å². The molecule has 0 spiro atoms. The fourth-order valence-corrected chi connectivity index (χ4v) is 3.05. The lowest BCUT2D eigenvalue weighted by atomic mass is 10.1. The van der Waals surface area contributed by atoms with Crippen molar-refractivity contribution in [2.24, 2.45) is 0 Å². The predicted octanol–water partition coefficient (Wildman–Crippen LogP) is 1.48. The molecule has 0 radical (unpaired) electrons. The van der Waals surface area contributed by atoms with Crippen LogP contribution in [-0.4, -0.2) is 88.3 Å². The second-order valence-electron chi connectivity index (χ2n) is 6.84. The van der Waals surface area contributed by atoms with E-state index < -0.39 is 0 Å². The van der Waals surface area contributed by atoms with Crippen LogP contribution >= 0.6 is 0 Å². The molecule has 0 aliphatic carbocycles. The van der Waals surface area contributed by atoms with Gasteiger partial charge >= 0.3 is 6.03 Å². The van der Waals surface area contributed by atoms with E-state index >= 15 is 0 Å². The number of urea groups is 1. The molecule has 2 amide bonds. The van der Waals surface area contributed by atoms with E-state index in [-0.39, 0.29) is 6.03 Å². The first-order valence-corrected chi connectivity index (χ1v) is 9.14. The molecule has 7 heteroatoms. The Morgan fingerprint density at radius 3 is 2.42 bits per heavy atom. The van der Waals surface area contributed by atoms with Gasteiger partial charge in [-0.25, -0.2) is 4.79 Å². The SMILES string of the molecule is COc1ccc(CN2CCN(C(=O)NCCCN(C)C)CC2)cc1OC. The first-order chi connectivity index (χ1) is 12.5. The number of rotatable bonds is 8. The van der Waals surface area contributed by atoms with Crippen molar-refractivity contribution in [1.82, 2.24) is 20.0 Å². The highest BCUT2D eigenvalue weighted by Gasteiger charge is 2.21. The first-order valence-electron chi connectivity index (χ1n) is 9.14. The summed E-state index contributed by atoms with van der Waals surface area (Å²) >= 11 is 0. The Morgan fingerprint density at radius 2 is 1.81 bits per heavy atom. The van der Waals surface area contributed by atoms with Gasteiger partial charge in [0.15, 0.2) is 11.5 Å². The van der Waals surface area contributed by atoms with Crippen molar-refractivity contribution >= 4 is 6.03 Å². The number of ether oxygens (including phenoxy) is 2. The number of nitrogens with one attached hydrogen (secondary N) is 1. The van der Waals surface area contributed by atoms with Gasteiger partial charge in [0.05, 0.1) is 14.2 Å². The zero-order valence-corrected chi connectivity index (χ0v) is 16.5. The van der Waals surface area contributed by atoms with Crippen LogP contribution in [0, 0.1) is 0 Å². The average Bonchev–Trinajstić information content (AvgIpc) is 2.65. The van der Waals surface area contributed by atoms with Gasteiger partial charge in [0.2, 0.25) is 0 Å². The van der Waals surface area contributed by atoms with Crippen LogP contribution in [0.3, 0.4) is 0 Å². The largest absolute Gasteiger partial charge is 0.493 e. The summed E-state index contributed by atoms with van der Waals surface area (Å²) in [6, 6.07) is 6.06. The number of hydrogen-bond donors (Lipinski definition) is 1. The smallest absolute Gasteiger partial charge is 0.317 e. The van der Waals surface area contributed by atoms with Crippen molar-refractivity contribution in [3.05, 3.63) is 23.8 Å². The molecule has 26 heavy (non-hydrogen) atoms. The highest BCUT2D eigenvalue weighted by Crippen LogP contribution is 2.28. The topological polar surface area (TPSA) is 57.3 Å². The molecule has 0 aromatic heterocycles. The second-order valence-corrected chi connectivity index (χ2v) is 6.84. The Hall–Kier alpha value is -1.99. The fourth-order valence-electron chi connectivity index (χ4n) is 3.05. The Bertz CT molecular complexity index is 572. The maximum Gasteiger partial charge on any atom is 0.317 e. The molecule has 1 aromatic rings. The molecule has 1 fully saturated rings. The van der Waals surface area contributed by atoms with Gasteiger partial charge in [0.1, 0.15) is 0 Å². The molecule has 1 heterocycles. The van der Waals surface area contributed by atoms with E-state index in [0.29, 0.717) is 0 Å². The number of methoxy groups -OCH3 is 2. The van der Waals surface area contributed by atoms with Crippen LogP contribution in [0.4, 0.5) is 4.79 Å². The Balaban J connectivity index is 1.75. The van der Waals surface area contributed by atoms with Gasteiger partial charge in [-0.2, -0.15) is 0 Å². The summed E-state index contributed by atoms with van der Waals surface area (Å²) in [5.74, 6) is 1.49. The van der Waals surface area contributed by atoms with Crippen LogP contribution in [-0.2, 0) is 6.54 Å². The highest BCUT2D eigenvalue weighted by atomic mass is 16.5. The number of benzene rings is 1. The van der Waals surface area contributed by atoms with Gasteiger partial charge in [0.25, 0.3) is 0 Å². The van der Waals surface area contributed by atoms with Gasteiger partial charge in [-0.05, 0) is 44.8 Å². The summed E-state index contributed by atoms with van der Waals surface area (Å²) in [6.45, 7) is 5.82. The number of piperazine rings is 1. The number of nitrogens with zero attached hydrogens (tertiary/aromatic N) is 3. The summed E-state index contributed by atoms with van der Waals surface area (Å²) in [6.07, 6.45) is 0.970. The molecule has 0 bridgehead atoms. The lowest BCUT2D eigenvalue weighted by molar-refractivity contribution is 0.135. The van der Waals surface area contributed by atoms with Crippen molar-refractivity contribution in [2.75, 3.05) is 67.6 Å². The van der Waals surface area contributed by atoms with Crippen LogP contribution in [0.15, 0.2) is 18.2 Å². The Kier molecular flexibility index (Phi) is 8.00. The lowest BCUT2D eigenvalue weighted by Gasteiger charge is -2.34. The van der Waals surface area contributed by atoms with Gasteiger partial charge in [-0.15, -0.1) is 0 Å². The monoisotopic (exact) mass is 364 g/mol. The summed E-state index contributed by atoms with van der Waals surface area (Å²) in [5, 5.41) is 3.01. The average molecular weight is 364 g/mol. The van der Waals surface area contributed by atoms with E-state index in [1.807, 2.05) is 31.1 Å². The molecule has 1 aliphatic rings. The summed E-state index contributed by atoms with van der Waals surface area (Å²) in [7, 11) is 7.37. The maximum absolute atomic E-state index is 12.2. The van der Waals surface area contributed by atoms with Crippen LogP contribution in [0.2, 0.25) is 0 Å². The van der Waals surface area contributed by atoms with Crippen molar-refractivity contribution in [3.8, 4) is 11.5 Å². The van der Waals surface area contributed by atoms with Crippen LogP contribution in [0.1, 0.15) is 12.0 Å². The quantitative estimate of drug-likeness (QED) is 0.708. The molecule has 146 valence electrons. The summed E-state index contributed by atoms with van der Waals surface area (Å²) in [4.78, 5) is 18.6.